The Labute approximate surface area is 111 Å². The molecule has 0 aliphatic rings. The van der Waals surface area contributed by atoms with E-state index in [1.165, 1.54) is 0 Å². The zero-order valence-corrected chi connectivity index (χ0v) is 11.4. The van der Waals surface area contributed by atoms with E-state index >= 15 is 0 Å². The first-order valence-electron chi connectivity index (χ1n) is 5.53. The predicted octanol–water partition coefficient (Wildman–Crippen LogP) is 0.875. The predicted molar refractivity (Wildman–Crippen MR) is 68.8 cm³/mol. The van der Waals surface area contributed by atoms with Crippen molar-refractivity contribution >= 4 is 15.9 Å². The highest BCUT2D eigenvalue weighted by Gasteiger charge is 2.25. The van der Waals surface area contributed by atoms with Crippen LogP contribution >= 0.6 is 0 Å². The molecule has 1 aromatic rings. The number of oxime groups is 1. The molecule has 1 aromatic carbocycles. The zero-order chi connectivity index (χ0) is 14.6. The van der Waals surface area contributed by atoms with Crippen LogP contribution in [-0.2, 0) is 10.0 Å². The molecule has 106 valence electrons. The van der Waals surface area contributed by atoms with Gasteiger partial charge in [-0.3, -0.25) is 0 Å². The van der Waals surface area contributed by atoms with Crippen LogP contribution in [0.2, 0.25) is 0 Å². The quantitative estimate of drug-likeness (QED) is 0.324. The highest BCUT2D eigenvalue weighted by Crippen LogP contribution is 2.12. The summed E-state index contributed by atoms with van der Waals surface area (Å²) in [4.78, 5) is -0.0923. The van der Waals surface area contributed by atoms with E-state index in [1.807, 2.05) is 0 Å². The summed E-state index contributed by atoms with van der Waals surface area (Å²) in [6.07, 6.45) is 0. The smallest absolute Gasteiger partial charge is 0.241 e. The summed E-state index contributed by atoms with van der Waals surface area (Å²) in [6, 6.07) is 3.52. The number of benzene rings is 1. The lowest BCUT2D eigenvalue weighted by Gasteiger charge is -2.20. The molecule has 6 nitrogen and oxygen atoms in total. The first kappa shape index (κ1) is 15.4. The molecule has 0 saturated heterocycles. The number of amidine groups is 1. The maximum absolute atomic E-state index is 12.8. The highest BCUT2D eigenvalue weighted by atomic mass is 32.2. The lowest BCUT2D eigenvalue weighted by Crippen LogP contribution is -2.47. The average molecular weight is 289 g/mol. The Morgan fingerprint density at radius 1 is 1.37 bits per heavy atom. The maximum atomic E-state index is 12.8. The molecule has 1 unspecified atom stereocenters. The van der Waals surface area contributed by atoms with Gasteiger partial charge in [-0.1, -0.05) is 19.0 Å². The van der Waals surface area contributed by atoms with E-state index in [0.717, 1.165) is 24.3 Å². The fourth-order valence-electron chi connectivity index (χ4n) is 1.45. The third-order valence-electron chi connectivity index (χ3n) is 2.51. The molecule has 0 heterocycles. The third kappa shape index (κ3) is 3.90. The van der Waals surface area contributed by atoms with Crippen LogP contribution in [0.5, 0.6) is 0 Å². The van der Waals surface area contributed by atoms with Crippen LogP contribution in [0, 0.1) is 11.7 Å². The van der Waals surface area contributed by atoms with Crippen molar-refractivity contribution in [3.05, 3.63) is 30.1 Å². The van der Waals surface area contributed by atoms with E-state index in [2.05, 4.69) is 9.88 Å². The van der Waals surface area contributed by atoms with Gasteiger partial charge in [-0.15, -0.1) is 0 Å². The topological polar surface area (TPSA) is 105 Å². The van der Waals surface area contributed by atoms with Gasteiger partial charge in [0.2, 0.25) is 10.0 Å². The van der Waals surface area contributed by atoms with Crippen LogP contribution in [-0.4, -0.2) is 25.5 Å². The standard InChI is InChI=1S/C11H16FN3O3S/c1-7(2)10(11(13)14-16)15-19(17,18)9-5-3-8(12)4-6-9/h3-7,10,15-16H,1-2H3,(H2,13,14). The molecule has 0 spiro atoms. The van der Waals surface area contributed by atoms with Crippen LogP contribution < -0.4 is 10.5 Å². The van der Waals surface area contributed by atoms with Crippen LogP contribution in [0.3, 0.4) is 0 Å². The Kier molecular flexibility index (Phi) is 4.84. The normalized spacial score (nSPS) is 14.6. The number of hydrogen-bond donors (Lipinski definition) is 3. The monoisotopic (exact) mass is 289 g/mol. The van der Waals surface area contributed by atoms with Gasteiger partial charge in [-0.25, -0.2) is 17.5 Å². The minimum absolute atomic E-state index is 0.0923. The number of rotatable bonds is 5. The average Bonchev–Trinajstić information content (AvgIpc) is 2.35. The molecule has 0 bridgehead atoms. The maximum Gasteiger partial charge on any atom is 0.241 e. The highest BCUT2D eigenvalue weighted by molar-refractivity contribution is 7.89. The van der Waals surface area contributed by atoms with Gasteiger partial charge in [-0.2, -0.15) is 0 Å². The second-order valence-corrected chi connectivity index (χ2v) is 6.04. The van der Waals surface area contributed by atoms with Gasteiger partial charge in [0.1, 0.15) is 5.82 Å². The van der Waals surface area contributed by atoms with E-state index in [-0.39, 0.29) is 16.6 Å². The van der Waals surface area contributed by atoms with Crippen molar-refractivity contribution in [3.63, 3.8) is 0 Å². The van der Waals surface area contributed by atoms with Crippen LogP contribution in [0.15, 0.2) is 34.3 Å². The molecule has 0 saturated carbocycles. The third-order valence-corrected chi connectivity index (χ3v) is 3.96. The molecule has 1 atom stereocenters. The van der Waals surface area contributed by atoms with Crippen molar-refractivity contribution in [1.82, 2.24) is 4.72 Å². The molecule has 8 heteroatoms. The molecule has 0 amide bonds. The van der Waals surface area contributed by atoms with Crippen LogP contribution in [0.25, 0.3) is 0 Å². The van der Waals surface area contributed by atoms with Crippen molar-refractivity contribution in [2.75, 3.05) is 0 Å². The Bertz CT molecular complexity index is 555. The van der Waals surface area contributed by atoms with Gasteiger partial charge in [0, 0.05) is 0 Å². The molecule has 1 rings (SSSR count). The number of nitrogens with zero attached hydrogens (tertiary/aromatic N) is 1. The van der Waals surface area contributed by atoms with Crippen LogP contribution in [0.1, 0.15) is 13.8 Å². The molecular weight excluding hydrogens is 273 g/mol. The minimum Gasteiger partial charge on any atom is -0.409 e. The van der Waals surface area contributed by atoms with Gasteiger partial charge in [0.25, 0.3) is 0 Å². The SMILES string of the molecule is CC(C)C(NS(=O)(=O)c1ccc(F)cc1)C(N)=NO. The molecule has 4 N–H and O–H groups in total. The van der Waals surface area contributed by atoms with Crippen LogP contribution in [0.4, 0.5) is 4.39 Å². The van der Waals surface area contributed by atoms with Crippen molar-refractivity contribution in [2.45, 2.75) is 24.8 Å². The van der Waals surface area contributed by atoms with E-state index in [0.29, 0.717) is 0 Å². The molecule has 0 aliphatic heterocycles. The summed E-state index contributed by atoms with van der Waals surface area (Å²) in [5, 5.41) is 11.4. The molecule has 19 heavy (non-hydrogen) atoms. The fraction of sp³-hybridized carbons (Fsp3) is 0.364. The van der Waals surface area contributed by atoms with E-state index < -0.39 is 21.9 Å². The zero-order valence-electron chi connectivity index (χ0n) is 10.5. The fourth-order valence-corrected chi connectivity index (χ4v) is 2.81. The van der Waals surface area contributed by atoms with Crippen molar-refractivity contribution in [2.24, 2.45) is 16.8 Å². The van der Waals surface area contributed by atoms with Gasteiger partial charge in [0.15, 0.2) is 5.84 Å². The van der Waals surface area contributed by atoms with Gasteiger partial charge in [-0.05, 0) is 30.2 Å². The number of hydrogen-bond acceptors (Lipinski definition) is 4. The minimum atomic E-state index is -3.86. The largest absolute Gasteiger partial charge is 0.409 e. The summed E-state index contributed by atoms with van der Waals surface area (Å²) >= 11 is 0. The van der Waals surface area contributed by atoms with Crippen molar-refractivity contribution in [1.29, 1.82) is 0 Å². The number of halogens is 1. The molecule has 0 fully saturated rings. The van der Waals surface area contributed by atoms with Crippen molar-refractivity contribution in [3.8, 4) is 0 Å². The van der Waals surface area contributed by atoms with Crippen molar-refractivity contribution < 1.29 is 18.0 Å². The summed E-state index contributed by atoms with van der Waals surface area (Å²) in [6.45, 7) is 3.44. The first-order chi connectivity index (χ1) is 8.77. The summed E-state index contributed by atoms with van der Waals surface area (Å²) in [7, 11) is -3.86. The van der Waals surface area contributed by atoms with Gasteiger partial charge >= 0.3 is 0 Å². The van der Waals surface area contributed by atoms with E-state index in [4.69, 9.17) is 10.9 Å². The Balaban J connectivity index is 3.04. The number of nitrogens with two attached hydrogens (primary N) is 1. The Morgan fingerprint density at radius 2 is 1.89 bits per heavy atom. The van der Waals surface area contributed by atoms with E-state index in [1.54, 1.807) is 13.8 Å². The van der Waals surface area contributed by atoms with E-state index in [9.17, 15) is 12.8 Å². The number of sulfonamides is 1. The summed E-state index contributed by atoms with van der Waals surface area (Å²) in [5.41, 5.74) is 5.44. The van der Waals surface area contributed by atoms with Gasteiger partial charge in [0.05, 0.1) is 10.9 Å². The molecule has 0 aliphatic carbocycles. The lowest BCUT2D eigenvalue weighted by molar-refractivity contribution is 0.313. The van der Waals surface area contributed by atoms with Gasteiger partial charge < -0.3 is 10.9 Å². The lowest BCUT2D eigenvalue weighted by atomic mass is 10.1. The second-order valence-electron chi connectivity index (χ2n) is 4.32. The first-order valence-corrected chi connectivity index (χ1v) is 7.01. The molecule has 0 radical (unpaired) electrons. The Hall–Kier alpha value is -1.67. The summed E-state index contributed by atoms with van der Waals surface area (Å²) in [5.74, 6) is -0.984. The second kappa shape index (κ2) is 5.98. The molecule has 0 aromatic heterocycles. The molecular formula is C11H16FN3O3S. The summed E-state index contributed by atoms with van der Waals surface area (Å²) < 4.78 is 39.2. The Morgan fingerprint density at radius 3 is 2.32 bits per heavy atom. The number of nitrogens with one attached hydrogen (secondary N) is 1.